The standard InChI is InChI=1S/C7H9F3N2O/c1-5-3-6(11-13-5)4-12(2)7(8,9)10/h3H,4H2,1-2H3. The van der Waals surface area contributed by atoms with E-state index < -0.39 is 6.30 Å². The van der Waals surface area contributed by atoms with Gasteiger partial charge in [0.25, 0.3) is 0 Å². The average molecular weight is 194 g/mol. The molecule has 0 aromatic carbocycles. The Morgan fingerprint density at radius 2 is 2.15 bits per heavy atom. The van der Waals surface area contributed by atoms with Gasteiger partial charge in [-0.05, 0) is 14.0 Å². The van der Waals surface area contributed by atoms with Crippen molar-refractivity contribution in [2.75, 3.05) is 7.05 Å². The van der Waals surface area contributed by atoms with Crippen LogP contribution in [0.4, 0.5) is 13.2 Å². The first-order chi connectivity index (χ1) is 5.89. The zero-order valence-electron chi connectivity index (χ0n) is 7.22. The average Bonchev–Trinajstić information content (AvgIpc) is 2.33. The van der Waals surface area contributed by atoms with Crippen LogP contribution < -0.4 is 0 Å². The van der Waals surface area contributed by atoms with Crippen molar-refractivity contribution < 1.29 is 17.7 Å². The van der Waals surface area contributed by atoms with Crippen molar-refractivity contribution in [1.29, 1.82) is 0 Å². The molecule has 0 radical (unpaired) electrons. The van der Waals surface area contributed by atoms with Crippen LogP contribution in [-0.2, 0) is 6.54 Å². The van der Waals surface area contributed by atoms with Crippen LogP contribution in [0, 0.1) is 6.92 Å². The second-order valence-electron chi connectivity index (χ2n) is 2.75. The molecule has 0 N–H and O–H groups in total. The molecule has 0 spiro atoms. The van der Waals surface area contributed by atoms with Crippen molar-refractivity contribution in [3.05, 3.63) is 17.5 Å². The maximum Gasteiger partial charge on any atom is 0.460 e. The van der Waals surface area contributed by atoms with Crippen molar-refractivity contribution >= 4 is 0 Å². The summed E-state index contributed by atoms with van der Waals surface area (Å²) in [5.41, 5.74) is 0.275. The molecule has 6 heteroatoms. The molecule has 0 aliphatic heterocycles. The summed E-state index contributed by atoms with van der Waals surface area (Å²) >= 11 is 0. The van der Waals surface area contributed by atoms with Gasteiger partial charge in [-0.3, -0.25) is 0 Å². The van der Waals surface area contributed by atoms with E-state index >= 15 is 0 Å². The van der Waals surface area contributed by atoms with E-state index in [2.05, 4.69) is 9.68 Å². The number of aryl methyl sites for hydroxylation is 1. The van der Waals surface area contributed by atoms with Gasteiger partial charge in [-0.1, -0.05) is 5.16 Å². The molecule has 0 unspecified atom stereocenters. The molecule has 1 aromatic heterocycles. The van der Waals surface area contributed by atoms with Gasteiger partial charge in [-0.2, -0.15) is 13.2 Å². The number of aromatic nitrogens is 1. The summed E-state index contributed by atoms with van der Waals surface area (Å²) < 4.78 is 40.7. The maximum absolute atomic E-state index is 12.0. The Kier molecular flexibility index (Phi) is 2.60. The van der Waals surface area contributed by atoms with E-state index in [4.69, 9.17) is 0 Å². The van der Waals surface area contributed by atoms with Crippen LogP contribution in [0.15, 0.2) is 10.6 Å². The second-order valence-corrected chi connectivity index (χ2v) is 2.75. The summed E-state index contributed by atoms with van der Waals surface area (Å²) in [5, 5.41) is 3.45. The van der Waals surface area contributed by atoms with Gasteiger partial charge in [0.2, 0.25) is 0 Å². The van der Waals surface area contributed by atoms with Gasteiger partial charge < -0.3 is 4.52 Å². The monoisotopic (exact) mass is 194 g/mol. The largest absolute Gasteiger partial charge is 0.460 e. The van der Waals surface area contributed by atoms with Gasteiger partial charge in [0.15, 0.2) is 0 Å². The Balaban J connectivity index is 2.60. The molecular formula is C7H9F3N2O. The van der Waals surface area contributed by atoms with Crippen LogP contribution in [0.2, 0.25) is 0 Å². The molecule has 0 fully saturated rings. The molecule has 1 rings (SSSR count). The lowest BCUT2D eigenvalue weighted by Crippen LogP contribution is -2.33. The molecule has 74 valence electrons. The van der Waals surface area contributed by atoms with E-state index in [-0.39, 0.29) is 17.1 Å². The molecule has 3 nitrogen and oxygen atoms in total. The van der Waals surface area contributed by atoms with Gasteiger partial charge in [0.1, 0.15) is 5.76 Å². The second kappa shape index (κ2) is 3.37. The van der Waals surface area contributed by atoms with Crippen molar-refractivity contribution in [1.82, 2.24) is 10.1 Å². The van der Waals surface area contributed by atoms with E-state index in [0.29, 0.717) is 5.76 Å². The van der Waals surface area contributed by atoms with Gasteiger partial charge >= 0.3 is 6.30 Å². The minimum atomic E-state index is -4.33. The molecule has 0 amide bonds. The molecule has 1 heterocycles. The molecule has 0 saturated carbocycles. The number of halogens is 3. The van der Waals surface area contributed by atoms with Gasteiger partial charge in [0.05, 0.1) is 12.2 Å². The minimum absolute atomic E-state index is 0.240. The third kappa shape index (κ3) is 2.73. The van der Waals surface area contributed by atoms with E-state index in [1.165, 1.54) is 6.07 Å². The molecule has 0 aliphatic carbocycles. The Morgan fingerprint density at radius 1 is 1.54 bits per heavy atom. The molecule has 13 heavy (non-hydrogen) atoms. The van der Waals surface area contributed by atoms with Crippen LogP contribution in [0.1, 0.15) is 11.5 Å². The normalized spacial score (nSPS) is 12.5. The number of hydrogen-bond donors (Lipinski definition) is 0. The summed E-state index contributed by atoms with van der Waals surface area (Å²) in [6.07, 6.45) is -4.33. The Bertz CT molecular complexity index is 282. The van der Waals surface area contributed by atoms with E-state index in [1.807, 2.05) is 0 Å². The van der Waals surface area contributed by atoms with Gasteiger partial charge in [0, 0.05) is 6.07 Å². The van der Waals surface area contributed by atoms with Crippen LogP contribution in [0.3, 0.4) is 0 Å². The van der Waals surface area contributed by atoms with Crippen molar-refractivity contribution in [2.24, 2.45) is 0 Å². The predicted octanol–water partition coefficient (Wildman–Crippen LogP) is 1.93. The molecule has 0 aliphatic rings. The third-order valence-corrected chi connectivity index (χ3v) is 1.51. The van der Waals surface area contributed by atoms with Crippen LogP contribution in [0.5, 0.6) is 0 Å². The fraction of sp³-hybridized carbons (Fsp3) is 0.571. The lowest BCUT2D eigenvalue weighted by atomic mass is 10.3. The summed E-state index contributed by atoms with van der Waals surface area (Å²) in [6.45, 7) is 1.34. The number of alkyl halides is 3. The van der Waals surface area contributed by atoms with E-state index in [0.717, 1.165) is 7.05 Å². The fourth-order valence-electron chi connectivity index (χ4n) is 0.825. The predicted molar refractivity (Wildman–Crippen MR) is 38.8 cm³/mol. The Labute approximate surface area is 73.1 Å². The third-order valence-electron chi connectivity index (χ3n) is 1.51. The molecule has 0 saturated heterocycles. The number of rotatable bonds is 2. The summed E-state index contributed by atoms with van der Waals surface area (Å²) in [6, 6.07) is 1.47. The van der Waals surface area contributed by atoms with E-state index in [1.54, 1.807) is 6.92 Å². The molecular weight excluding hydrogens is 185 g/mol. The highest BCUT2D eigenvalue weighted by atomic mass is 19.4. The van der Waals surface area contributed by atoms with E-state index in [9.17, 15) is 13.2 Å². The zero-order chi connectivity index (χ0) is 10.1. The van der Waals surface area contributed by atoms with Crippen LogP contribution >= 0.6 is 0 Å². The highest BCUT2D eigenvalue weighted by Crippen LogP contribution is 2.20. The summed E-state index contributed by atoms with van der Waals surface area (Å²) in [4.78, 5) is 0.240. The topological polar surface area (TPSA) is 29.3 Å². The van der Waals surface area contributed by atoms with Crippen molar-refractivity contribution in [3.8, 4) is 0 Å². The first kappa shape index (κ1) is 10.0. The summed E-state index contributed by atoms with van der Waals surface area (Å²) in [5.74, 6) is 0.505. The first-order valence-electron chi connectivity index (χ1n) is 3.60. The zero-order valence-corrected chi connectivity index (χ0v) is 7.22. The van der Waals surface area contributed by atoms with Crippen molar-refractivity contribution in [2.45, 2.75) is 19.8 Å². The maximum atomic E-state index is 12.0. The molecule has 0 atom stereocenters. The highest BCUT2D eigenvalue weighted by molar-refractivity contribution is 5.03. The smallest absolute Gasteiger partial charge is 0.361 e. The fourth-order valence-corrected chi connectivity index (χ4v) is 0.825. The lowest BCUT2D eigenvalue weighted by molar-refractivity contribution is -0.240. The quantitative estimate of drug-likeness (QED) is 0.673. The van der Waals surface area contributed by atoms with Crippen LogP contribution in [-0.4, -0.2) is 23.4 Å². The lowest BCUT2D eigenvalue weighted by Gasteiger charge is -2.17. The number of nitrogens with zero attached hydrogens (tertiary/aromatic N) is 2. The molecule has 0 bridgehead atoms. The molecule has 1 aromatic rings. The minimum Gasteiger partial charge on any atom is -0.361 e. The first-order valence-corrected chi connectivity index (χ1v) is 3.60. The Morgan fingerprint density at radius 3 is 2.54 bits per heavy atom. The van der Waals surface area contributed by atoms with Gasteiger partial charge in [-0.15, -0.1) is 0 Å². The highest BCUT2D eigenvalue weighted by Gasteiger charge is 2.34. The van der Waals surface area contributed by atoms with Gasteiger partial charge in [-0.25, -0.2) is 4.90 Å². The van der Waals surface area contributed by atoms with Crippen molar-refractivity contribution in [3.63, 3.8) is 0 Å². The SMILES string of the molecule is Cc1cc(CN(C)C(F)(F)F)no1. The number of hydrogen-bond acceptors (Lipinski definition) is 3. The Hall–Kier alpha value is -1.04. The summed E-state index contributed by atoms with van der Waals surface area (Å²) in [7, 11) is 0.962. The van der Waals surface area contributed by atoms with Crippen LogP contribution in [0.25, 0.3) is 0 Å².